The highest BCUT2D eigenvalue weighted by atomic mass is 16.5. The Morgan fingerprint density at radius 3 is 2.39 bits per heavy atom. The molecule has 1 saturated carbocycles. The third-order valence-corrected chi connectivity index (χ3v) is 4.60. The highest BCUT2D eigenvalue weighted by Crippen LogP contribution is 2.37. The van der Waals surface area contributed by atoms with Crippen LogP contribution in [0.4, 0.5) is 0 Å². The van der Waals surface area contributed by atoms with Crippen LogP contribution < -0.4 is 11.1 Å². The summed E-state index contributed by atoms with van der Waals surface area (Å²) >= 11 is 0. The Bertz CT molecular complexity index is 520. The Hall–Kier alpha value is -1.88. The van der Waals surface area contributed by atoms with E-state index in [2.05, 4.69) is 5.32 Å². The molecule has 0 saturated heterocycles. The second-order valence-corrected chi connectivity index (χ2v) is 6.16. The summed E-state index contributed by atoms with van der Waals surface area (Å²) in [5.74, 6) is 0.773. The molecule has 5 heteroatoms. The van der Waals surface area contributed by atoms with E-state index >= 15 is 0 Å². The smallest absolute Gasteiger partial charge is 0.305 e. The summed E-state index contributed by atoms with van der Waals surface area (Å²) in [7, 11) is 1.44. The third-order valence-electron chi connectivity index (χ3n) is 4.60. The molecule has 1 amide bonds. The number of nitrogens with two attached hydrogens (primary N) is 1. The Kier molecular flexibility index (Phi) is 6.59. The highest BCUT2D eigenvalue weighted by Gasteiger charge is 2.24. The largest absolute Gasteiger partial charge is 0.469 e. The number of rotatable bonds is 6. The van der Waals surface area contributed by atoms with E-state index in [4.69, 9.17) is 10.5 Å². The van der Waals surface area contributed by atoms with Crippen molar-refractivity contribution in [1.29, 1.82) is 0 Å². The molecule has 1 aromatic rings. The number of benzene rings is 1. The van der Waals surface area contributed by atoms with Gasteiger partial charge in [0, 0.05) is 25.1 Å². The molecule has 0 spiro atoms. The zero-order valence-electron chi connectivity index (χ0n) is 13.7. The number of ether oxygens (including phenoxy) is 1. The normalized spacial score (nSPS) is 20.8. The second-order valence-electron chi connectivity index (χ2n) is 6.16. The maximum Gasteiger partial charge on any atom is 0.305 e. The van der Waals surface area contributed by atoms with Crippen LogP contribution in [0.1, 0.15) is 53.9 Å². The Balaban J connectivity index is 1.86. The summed E-state index contributed by atoms with van der Waals surface area (Å²) in [6.07, 6.45) is 4.81. The summed E-state index contributed by atoms with van der Waals surface area (Å²) in [4.78, 5) is 23.2. The van der Waals surface area contributed by atoms with Gasteiger partial charge in [-0.25, -0.2) is 0 Å². The molecule has 1 fully saturated rings. The standard InChI is InChI=1S/C18H26N2O3/c1-23-17(21)12-13-2-4-14(5-3-13)15-6-8-16(9-7-15)18(22)20-11-10-19/h6-9,13-14H,2-5,10-12,19H2,1H3,(H,20,22)/t13-,14-. The van der Waals surface area contributed by atoms with Gasteiger partial charge in [-0.3, -0.25) is 9.59 Å². The minimum atomic E-state index is -0.110. The van der Waals surface area contributed by atoms with Gasteiger partial charge in [-0.05, 0) is 55.2 Å². The molecule has 1 aromatic carbocycles. The van der Waals surface area contributed by atoms with Gasteiger partial charge in [0.1, 0.15) is 0 Å². The van der Waals surface area contributed by atoms with Gasteiger partial charge < -0.3 is 15.8 Å². The summed E-state index contributed by atoms with van der Waals surface area (Å²) in [5.41, 5.74) is 7.33. The monoisotopic (exact) mass is 318 g/mol. The molecule has 126 valence electrons. The van der Waals surface area contributed by atoms with Crippen molar-refractivity contribution in [1.82, 2.24) is 5.32 Å². The Morgan fingerprint density at radius 1 is 1.17 bits per heavy atom. The van der Waals surface area contributed by atoms with Gasteiger partial charge >= 0.3 is 5.97 Å². The average Bonchev–Trinajstić information content (AvgIpc) is 2.60. The zero-order valence-corrected chi connectivity index (χ0v) is 13.7. The molecule has 3 N–H and O–H groups in total. The lowest BCUT2D eigenvalue weighted by Gasteiger charge is -2.28. The van der Waals surface area contributed by atoms with Crippen LogP contribution in [0.15, 0.2) is 24.3 Å². The molecule has 2 rings (SSSR count). The number of amides is 1. The van der Waals surface area contributed by atoms with E-state index in [-0.39, 0.29) is 11.9 Å². The van der Waals surface area contributed by atoms with E-state index < -0.39 is 0 Å². The van der Waals surface area contributed by atoms with Crippen LogP contribution in [0, 0.1) is 5.92 Å². The van der Waals surface area contributed by atoms with E-state index in [1.807, 2.05) is 24.3 Å². The minimum absolute atomic E-state index is 0.0798. The summed E-state index contributed by atoms with van der Waals surface area (Å²) in [6.45, 7) is 0.934. The maximum atomic E-state index is 11.9. The minimum Gasteiger partial charge on any atom is -0.469 e. The van der Waals surface area contributed by atoms with Crippen LogP contribution in [-0.4, -0.2) is 32.1 Å². The Morgan fingerprint density at radius 2 is 1.83 bits per heavy atom. The number of hydrogen-bond acceptors (Lipinski definition) is 4. The van der Waals surface area contributed by atoms with E-state index in [1.54, 1.807) is 0 Å². The number of carbonyl (C=O) groups is 2. The van der Waals surface area contributed by atoms with Crippen LogP contribution in [0.5, 0.6) is 0 Å². The van der Waals surface area contributed by atoms with Gasteiger partial charge in [0.25, 0.3) is 5.91 Å². The molecule has 0 heterocycles. The second kappa shape index (κ2) is 8.67. The average molecular weight is 318 g/mol. The first-order valence-corrected chi connectivity index (χ1v) is 8.29. The van der Waals surface area contributed by atoms with Crippen molar-refractivity contribution in [2.75, 3.05) is 20.2 Å². The van der Waals surface area contributed by atoms with E-state index in [0.29, 0.717) is 36.9 Å². The molecule has 0 atom stereocenters. The predicted octanol–water partition coefficient (Wildman–Crippen LogP) is 2.21. The predicted molar refractivity (Wildman–Crippen MR) is 89.2 cm³/mol. The molecule has 0 radical (unpaired) electrons. The number of carbonyl (C=O) groups excluding carboxylic acids is 2. The third kappa shape index (κ3) is 5.06. The SMILES string of the molecule is COC(=O)C[C@H]1CC[C@H](c2ccc(C(=O)NCCN)cc2)CC1. The summed E-state index contributed by atoms with van der Waals surface area (Å²) in [5, 5.41) is 2.77. The van der Waals surface area contributed by atoms with Gasteiger partial charge in [0.2, 0.25) is 0 Å². The molecule has 0 aliphatic heterocycles. The number of esters is 1. The van der Waals surface area contributed by atoms with Crippen LogP contribution in [0.25, 0.3) is 0 Å². The molecular weight excluding hydrogens is 292 g/mol. The fourth-order valence-corrected chi connectivity index (χ4v) is 3.21. The molecule has 0 aromatic heterocycles. The van der Waals surface area contributed by atoms with Crippen molar-refractivity contribution < 1.29 is 14.3 Å². The first kappa shape index (κ1) is 17.5. The molecule has 1 aliphatic carbocycles. The van der Waals surface area contributed by atoms with Crippen molar-refractivity contribution in [2.45, 2.75) is 38.0 Å². The number of hydrogen-bond donors (Lipinski definition) is 2. The van der Waals surface area contributed by atoms with E-state index in [0.717, 1.165) is 25.7 Å². The summed E-state index contributed by atoms with van der Waals surface area (Å²) < 4.78 is 4.74. The van der Waals surface area contributed by atoms with Gasteiger partial charge in [-0.1, -0.05) is 12.1 Å². The molecule has 0 unspecified atom stereocenters. The van der Waals surface area contributed by atoms with Crippen molar-refractivity contribution in [3.05, 3.63) is 35.4 Å². The van der Waals surface area contributed by atoms with Gasteiger partial charge in [0.05, 0.1) is 7.11 Å². The van der Waals surface area contributed by atoms with Crippen LogP contribution >= 0.6 is 0 Å². The molecule has 1 aliphatic rings. The van der Waals surface area contributed by atoms with Crippen molar-refractivity contribution >= 4 is 11.9 Å². The molecular formula is C18H26N2O3. The number of nitrogens with one attached hydrogen (secondary N) is 1. The van der Waals surface area contributed by atoms with Crippen molar-refractivity contribution in [3.63, 3.8) is 0 Å². The van der Waals surface area contributed by atoms with Crippen LogP contribution in [0.2, 0.25) is 0 Å². The maximum absolute atomic E-state index is 11.9. The quantitative estimate of drug-likeness (QED) is 0.788. The van der Waals surface area contributed by atoms with E-state index in [9.17, 15) is 9.59 Å². The van der Waals surface area contributed by atoms with Gasteiger partial charge in [-0.15, -0.1) is 0 Å². The molecule has 23 heavy (non-hydrogen) atoms. The zero-order chi connectivity index (χ0) is 16.7. The first-order valence-electron chi connectivity index (χ1n) is 8.29. The van der Waals surface area contributed by atoms with Crippen LogP contribution in [0.3, 0.4) is 0 Å². The fraction of sp³-hybridized carbons (Fsp3) is 0.556. The lowest BCUT2D eigenvalue weighted by Crippen LogP contribution is -2.28. The first-order chi connectivity index (χ1) is 11.1. The lowest BCUT2D eigenvalue weighted by atomic mass is 9.77. The highest BCUT2D eigenvalue weighted by molar-refractivity contribution is 5.94. The van der Waals surface area contributed by atoms with Crippen molar-refractivity contribution in [2.24, 2.45) is 11.7 Å². The van der Waals surface area contributed by atoms with Gasteiger partial charge in [0.15, 0.2) is 0 Å². The molecule has 0 bridgehead atoms. The fourth-order valence-electron chi connectivity index (χ4n) is 3.21. The Labute approximate surface area is 137 Å². The summed E-state index contributed by atoms with van der Waals surface area (Å²) in [6, 6.07) is 7.84. The van der Waals surface area contributed by atoms with Crippen molar-refractivity contribution in [3.8, 4) is 0 Å². The molecule has 5 nitrogen and oxygen atoms in total. The topological polar surface area (TPSA) is 81.4 Å². The van der Waals surface area contributed by atoms with E-state index in [1.165, 1.54) is 12.7 Å². The lowest BCUT2D eigenvalue weighted by molar-refractivity contribution is -0.142. The van der Waals surface area contributed by atoms with Crippen LogP contribution in [-0.2, 0) is 9.53 Å². The number of methoxy groups -OCH3 is 1. The van der Waals surface area contributed by atoms with Gasteiger partial charge in [-0.2, -0.15) is 0 Å².